The van der Waals surface area contributed by atoms with Gasteiger partial charge in [0, 0.05) is 13.1 Å². The van der Waals surface area contributed by atoms with Gasteiger partial charge in [0.25, 0.3) is 0 Å². The van der Waals surface area contributed by atoms with Crippen molar-refractivity contribution in [3.63, 3.8) is 0 Å². The zero-order chi connectivity index (χ0) is 12.1. The SMILES string of the molecule is CN(C)CC(O)CNc1ccc(F)cc1Cl. The van der Waals surface area contributed by atoms with Gasteiger partial charge in [-0.1, -0.05) is 11.6 Å². The maximum absolute atomic E-state index is 12.8. The maximum Gasteiger partial charge on any atom is 0.124 e. The third-order valence-corrected chi connectivity index (χ3v) is 2.35. The molecule has 0 saturated carbocycles. The second-order valence-electron chi connectivity index (χ2n) is 3.92. The molecule has 0 aliphatic heterocycles. The monoisotopic (exact) mass is 246 g/mol. The molecule has 1 aromatic rings. The molecule has 0 bridgehead atoms. The Balaban J connectivity index is 2.48. The molecule has 0 fully saturated rings. The summed E-state index contributed by atoms with van der Waals surface area (Å²) in [6, 6.07) is 4.12. The molecule has 90 valence electrons. The summed E-state index contributed by atoms with van der Waals surface area (Å²) >= 11 is 5.82. The summed E-state index contributed by atoms with van der Waals surface area (Å²) in [5, 5.41) is 12.9. The lowest BCUT2D eigenvalue weighted by Crippen LogP contribution is -2.31. The Labute approximate surface area is 99.8 Å². The quantitative estimate of drug-likeness (QED) is 0.832. The van der Waals surface area contributed by atoms with Gasteiger partial charge in [0.05, 0.1) is 16.8 Å². The Hall–Kier alpha value is -0.840. The minimum absolute atomic E-state index is 0.317. The average molecular weight is 247 g/mol. The van der Waals surface area contributed by atoms with Gasteiger partial charge in [0.1, 0.15) is 5.82 Å². The molecule has 0 aromatic heterocycles. The first-order chi connectivity index (χ1) is 7.49. The maximum atomic E-state index is 12.8. The Morgan fingerprint density at radius 2 is 2.19 bits per heavy atom. The summed E-state index contributed by atoms with van der Waals surface area (Å²) in [5.41, 5.74) is 0.626. The van der Waals surface area contributed by atoms with Crippen molar-refractivity contribution in [2.45, 2.75) is 6.10 Å². The molecule has 0 radical (unpaired) electrons. The third kappa shape index (κ3) is 4.35. The molecule has 5 heteroatoms. The van der Waals surface area contributed by atoms with Crippen molar-refractivity contribution in [3.8, 4) is 0 Å². The summed E-state index contributed by atoms with van der Waals surface area (Å²) in [7, 11) is 3.77. The normalized spacial score (nSPS) is 12.9. The third-order valence-electron chi connectivity index (χ3n) is 2.04. The fourth-order valence-electron chi connectivity index (χ4n) is 1.35. The van der Waals surface area contributed by atoms with E-state index in [2.05, 4.69) is 5.32 Å². The highest BCUT2D eigenvalue weighted by molar-refractivity contribution is 6.33. The average Bonchev–Trinajstić information content (AvgIpc) is 2.15. The summed E-state index contributed by atoms with van der Waals surface area (Å²) in [5.74, 6) is -0.371. The van der Waals surface area contributed by atoms with Crippen LogP contribution in [0, 0.1) is 5.82 Å². The van der Waals surface area contributed by atoms with Crippen LogP contribution in [0.15, 0.2) is 18.2 Å². The number of aliphatic hydroxyl groups is 1. The Morgan fingerprint density at radius 1 is 1.50 bits per heavy atom. The zero-order valence-corrected chi connectivity index (χ0v) is 10.1. The van der Waals surface area contributed by atoms with E-state index in [0.717, 1.165) is 0 Å². The predicted octanol–water partition coefficient (Wildman–Crippen LogP) is 1.81. The first-order valence-corrected chi connectivity index (χ1v) is 5.38. The summed E-state index contributed by atoms with van der Waals surface area (Å²) in [4.78, 5) is 1.89. The van der Waals surface area contributed by atoms with Crippen molar-refractivity contribution >= 4 is 17.3 Å². The molecule has 0 aliphatic carbocycles. The highest BCUT2D eigenvalue weighted by atomic mass is 35.5. The lowest BCUT2D eigenvalue weighted by Gasteiger charge is -2.17. The van der Waals surface area contributed by atoms with E-state index in [4.69, 9.17) is 11.6 Å². The number of benzene rings is 1. The Kier molecular flexibility index (Phi) is 4.99. The van der Waals surface area contributed by atoms with E-state index in [0.29, 0.717) is 23.8 Å². The largest absolute Gasteiger partial charge is 0.390 e. The molecule has 16 heavy (non-hydrogen) atoms. The van der Waals surface area contributed by atoms with Crippen molar-refractivity contribution in [2.24, 2.45) is 0 Å². The van der Waals surface area contributed by atoms with Crippen LogP contribution in [0.4, 0.5) is 10.1 Å². The second-order valence-corrected chi connectivity index (χ2v) is 4.33. The number of likely N-dealkylation sites (N-methyl/N-ethyl adjacent to an activating group) is 1. The van der Waals surface area contributed by atoms with Gasteiger partial charge >= 0.3 is 0 Å². The van der Waals surface area contributed by atoms with Gasteiger partial charge in [-0.25, -0.2) is 4.39 Å². The molecule has 1 atom stereocenters. The number of aliphatic hydroxyl groups excluding tert-OH is 1. The molecule has 3 nitrogen and oxygen atoms in total. The molecular formula is C11H16ClFN2O. The van der Waals surface area contributed by atoms with E-state index < -0.39 is 6.10 Å². The van der Waals surface area contributed by atoms with Gasteiger partial charge in [-0.15, -0.1) is 0 Å². The minimum atomic E-state index is -0.490. The van der Waals surface area contributed by atoms with Crippen LogP contribution in [0.2, 0.25) is 5.02 Å². The number of rotatable bonds is 5. The zero-order valence-electron chi connectivity index (χ0n) is 9.37. The van der Waals surface area contributed by atoms with Crippen LogP contribution in [-0.2, 0) is 0 Å². The number of anilines is 1. The van der Waals surface area contributed by atoms with Crippen LogP contribution in [0.3, 0.4) is 0 Å². The van der Waals surface area contributed by atoms with Crippen LogP contribution in [0.25, 0.3) is 0 Å². The number of hydrogen-bond acceptors (Lipinski definition) is 3. The van der Waals surface area contributed by atoms with Crippen molar-refractivity contribution < 1.29 is 9.50 Å². The van der Waals surface area contributed by atoms with Gasteiger partial charge < -0.3 is 15.3 Å². The van der Waals surface area contributed by atoms with Crippen molar-refractivity contribution in [2.75, 3.05) is 32.5 Å². The molecular weight excluding hydrogens is 231 g/mol. The molecule has 0 amide bonds. The van der Waals surface area contributed by atoms with Gasteiger partial charge in [-0.3, -0.25) is 0 Å². The number of hydrogen-bond donors (Lipinski definition) is 2. The molecule has 1 unspecified atom stereocenters. The van der Waals surface area contributed by atoms with E-state index in [1.165, 1.54) is 12.1 Å². The van der Waals surface area contributed by atoms with E-state index in [1.54, 1.807) is 6.07 Å². The molecule has 0 aliphatic rings. The first kappa shape index (κ1) is 13.2. The summed E-state index contributed by atoms with van der Waals surface area (Å²) in [6.45, 7) is 0.940. The van der Waals surface area contributed by atoms with Crippen LogP contribution in [0.5, 0.6) is 0 Å². The number of nitrogens with one attached hydrogen (secondary N) is 1. The number of halogens is 2. The molecule has 2 N–H and O–H groups in total. The lowest BCUT2D eigenvalue weighted by molar-refractivity contribution is 0.148. The fourth-order valence-corrected chi connectivity index (χ4v) is 1.58. The van der Waals surface area contributed by atoms with Crippen molar-refractivity contribution in [3.05, 3.63) is 29.0 Å². The van der Waals surface area contributed by atoms with E-state index in [1.807, 2.05) is 19.0 Å². The Morgan fingerprint density at radius 3 is 2.75 bits per heavy atom. The molecule has 1 aromatic carbocycles. The first-order valence-electron chi connectivity index (χ1n) is 5.00. The highest BCUT2D eigenvalue weighted by Gasteiger charge is 2.07. The van der Waals surface area contributed by atoms with Gasteiger partial charge in [-0.05, 0) is 32.3 Å². The molecule has 0 saturated heterocycles. The molecule has 0 heterocycles. The van der Waals surface area contributed by atoms with E-state index in [-0.39, 0.29) is 5.82 Å². The topological polar surface area (TPSA) is 35.5 Å². The van der Waals surface area contributed by atoms with Crippen LogP contribution in [0.1, 0.15) is 0 Å². The van der Waals surface area contributed by atoms with Crippen LogP contribution < -0.4 is 5.32 Å². The van der Waals surface area contributed by atoms with Gasteiger partial charge in [0.2, 0.25) is 0 Å². The van der Waals surface area contributed by atoms with E-state index >= 15 is 0 Å². The predicted molar refractivity (Wildman–Crippen MR) is 64.5 cm³/mol. The van der Waals surface area contributed by atoms with Crippen LogP contribution >= 0.6 is 11.6 Å². The lowest BCUT2D eigenvalue weighted by atomic mass is 10.3. The Bertz CT molecular complexity index is 347. The van der Waals surface area contributed by atoms with Crippen LogP contribution in [-0.4, -0.2) is 43.3 Å². The van der Waals surface area contributed by atoms with E-state index in [9.17, 15) is 9.50 Å². The molecule has 1 rings (SSSR count). The fraction of sp³-hybridized carbons (Fsp3) is 0.455. The highest BCUT2D eigenvalue weighted by Crippen LogP contribution is 2.22. The smallest absolute Gasteiger partial charge is 0.124 e. The summed E-state index contributed by atoms with van der Waals surface area (Å²) < 4.78 is 12.8. The number of nitrogens with zero attached hydrogens (tertiary/aromatic N) is 1. The van der Waals surface area contributed by atoms with Crippen molar-refractivity contribution in [1.29, 1.82) is 0 Å². The van der Waals surface area contributed by atoms with Gasteiger partial charge in [-0.2, -0.15) is 0 Å². The standard InChI is InChI=1S/C11H16ClFN2O/c1-15(2)7-9(16)6-14-11-4-3-8(13)5-10(11)12/h3-5,9,14,16H,6-7H2,1-2H3. The minimum Gasteiger partial charge on any atom is -0.390 e. The summed E-state index contributed by atoms with van der Waals surface area (Å²) in [6.07, 6.45) is -0.490. The second kappa shape index (κ2) is 6.03. The van der Waals surface area contributed by atoms with Crippen molar-refractivity contribution in [1.82, 2.24) is 4.90 Å². The van der Waals surface area contributed by atoms with Gasteiger partial charge in [0.15, 0.2) is 0 Å². The molecule has 0 spiro atoms.